The molecule has 220 valence electrons. The van der Waals surface area contributed by atoms with E-state index in [0.29, 0.717) is 23.2 Å². The van der Waals surface area contributed by atoms with Gasteiger partial charge in [0.05, 0.1) is 29.9 Å². The number of carbonyl (C=O) groups excluding carboxylic acids is 2. The maximum atomic E-state index is 12.4. The van der Waals surface area contributed by atoms with Gasteiger partial charge in [-0.05, 0) is 43.6 Å². The van der Waals surface area contributed by atoms with Gasteiger partial charge in [-0.3, -0.25) is 23.9 Å². The van der Waals surface area contributed by atoms with Crippen LogP contribution in [0.1, 0.15) is 45.9 Å². The van der Waals surface area contributed by atoms with Crippen LogP contribution in [0, 0.1) is 6.92 Å². The van der Waals surface area contributed by atoms with Crippen molar-refractivity contribution in [1.29, 1.82) is 0 Å². The number of nitrogens with zero attached hydrogens (tertiary/aromatic N) is 4. The number of azide groups is 1. The molecular formula is C27H29N7O6S2. The molecule has 13 nitrogen and oxygen atoms in total. The van der Waals surface area contributed by atoms with E-state index in [1.54, 1.807) is 6.92 Å². The molecule has 1 aromatic heterocycles. The molecule has 3 heterocycles. The molecule has 2 aromatic carbocycles. The summed E-state index contributed by atoms with van der Waals surface area (Å²) in [5.74, 6) is -0.243. The smallest absolute Gasteiger partial charge is 0.330 e. The third-order valence-electron chi connectivity index (χ3n) is 6.47. The maximum absolute atomic E-state index is 12.4. The molecule has 1 saturated heterocycles. The molecule has 1 unspecified atom stereocenters. The van der Waals surface area contributed by atoms with E-state index in [-0.39, 0.29) is 30.9 Å². The number of ether oxygens (including phenoxy) is 1. The van der Waals surface area contributed by atoms with Crippen LogP contribution in [-0.4, -0.2) is 57.8 Å². The van der Waals surface area contributed by atoms with Crippen LogP contribution in [0.5, 0.6) is 0 Å². The third-order valence-corrected chi connectivity index (χ3v) is 8.95. The van der Waals surface area contributed by atoms with Crippen molar-refractivity contribution < 1.29 is 19.4 Å². The zero-order valence-corrected chi connectivity index (χ0v) is 24.4. The predicted molar refractivity (Wildman–Crippen MR) is 158 cm³/mol. The van der Waals surface area contributed by atoms with Gasteiger partial charge in [-0.25, -0.2) is 4.79 Å². The van der Waals surface area contributed by atoms with E-state index in [9.17, 15) is 19.2 Å². The average Bonchev–Trinajstić information content (AvgIpc) is 3.39. The lowest BCUT2D eigenvalue weighted by Gasteiger charge is -2.18. The number of carbonyl (C=O) groups is 2. The second-order valence-corrected chi connectivity index (χ2v) is 11.8. The number of aryl methyl sites for hydroxylation is 1. The van der Waals surface area contributed by atoms with E-state index in [1.165, 1.54) is 32.4 Å². The van der Waals surface area contributed by atoms with E-state index in [0.717, 1.165) is 9.79 Å². The van der Waals surface area contributed by atoms with E-state index in [4.69, 9.17) is 15.4 Å². The average molecular weight is 612 g/mol. The van der Waals surface area contributed by atoms with Crippen LogP contribution < -0.4 is 21.9 Å². The number of hydrogen-bond acceptors (Lipinski definition) is 9. The first-order chi connectivity index (χ1) is 20.2. The molecule has 2 aliphatic heterocycles. The van der Waals surface area contributed by atoms with Crippen molar-refractivity contribution in [3.05, 3.63) is 103 Å². The molecule has 2 aliphatic rings. The first kappa shape index (κ1) is 30.9. The Bertz CT molecular complexity index is 1620. The van der Waals surface area contributed by atoms with Gasteiger partial charge in [-0.15, -0.1) is 0 Å². The number of amides is 2. The zero-order valence-electron chi connectivity index (χ0n) is 22.7. The minimum atomic E-state index is -0.671. The number of benzene rings is 2. The third kappa shape index (κ3) is 7.43. The molecule has 1 fully saturated rings. The van der Waals surface area contributed by atoms with Crippen molar-refractivity contribution >= 4 is 33.4 Å². The molecular weight excluding hydrogens is 582 g/mol. The Labute approximate surface area is 248 Å². The fraction of sp³-hybridized carbons (Fsp3) is 0.333. The first-order valence-corrected chi connectivity index (χ1v) is 15.1. The summed E-state index contributed by atoms with van der Waals surface area (Å²) in [7, 11) is 2.97. The zero-order chi connectivity index (χ0) is 30.2. The maximum Gasteiger partial charge on any atom is 0.330 e. The van der Waals surface area contributed by atoms with E-state index in [1.807, 2.05) is 55.5 Å². The summed E-state index contributed by atoms with van der Waals surface area (Å²) >= 11 is 0. The molecule has 15 heteroatoms. The summed E-state index contributed by atoms with van der Waals surface area (Å²) in [5.41, 5.74) is 9.06. The summed E-state index contributed by atoms with van der Waals surface area (Å²) in [6, 6.07) is 14.3. The number of nitrogens with one attached hydrogen (secondary N) is 3. The quantitative estimate of drug-likeness (QED) is 0.150. The number of hydrogen-bond donors (Lipinski definition) is 4. The fourth-order valence-corrected chi connectivity index (χ4v) is 6.63. The van der Waals surface area contributed by atoms with Gasteiger partial charge in [0.1, 0.15) is 6.23 Å². The van der Waals surface area contributed by atoms with Gasteiger partial charge in [-0.1, -0.05) is 51.0 Å². The lowest BCUT2D eigenvalue weighted by Crippen LogP contribution is -2.42. The van der Waals surface area contributed by atoms with Gasteiger partial charge in [0.2, 0.25) is 0 Å². The van der Waals surface area contributed by atoms with E-state index >= 15 is 0 Å². The molecule has 0 saturated carbocycles. The standard InChI is InChI=1S/C17H16N2O2S2.C10H13N5O4/c1-11-10-18-16(20)12-6-2-4-8-14(12)22-23-15-9-5-3-7-13(15)17(21)19-11;1-5-3-15(10(18)12-9(5)17)8-2-6(13-14-11)7(4-16)19-8/h2-9,11H,10H2,1H3,(H,18,20)(H,19,21);3,6-8,16H,2,4H2,1H3,(H,12,17,18)/t;6-,7+,8+/m.0/s1. The Morgan fingerprint density at radius 2 is 1.67 bits per heavy atom. The Hall–Kier alpha value is -4.01. The number of aliphatic hydroxyl groups excluding tert-OH is 1. The van der Waals surface area contributed by atoms with E-state index < -0.39 is 29.6 Å². The minimum absolute atomic E-state index is 0.121. The number of H-pyrrole nitrogens is 1. The summed E-state index contributed by atoms with van der Waals surface area (Å²) in [6.45, 7) is 3.52. The second kappa shape index (κ2) is 14.2. The topological polar surface area (TPSA) is 191 Å². The highest BCUT2D eigenvalue weighted by atomic mass is 33.1. The second-order valence-electron chi connectivity index (χ2n) is 9.54. The molecule has 0 radical (unpaired) electrons. The summed E-state index contributed by atoms with van der Waals surface area (Å²) < 4.78 is 6.69. The van der Waals surface area contributed by atoms with Crippen molar-refractivity contribution in [2.24, 2.45) is 5.11 Å². The highest BCUT2D eigenvalue weighted by Crippen LogP contribution is 2.40. The summed E-state index contributed by atoms with van der Waals surface area (Å²) in [6.07, 6.45) is 0.329. The first-order valence-electron chi connectivity index (χ1n) is 13.0. The Kier molecular flexibility index (Phi) is 10.5. The highest BCUT2D eigenvalue weighted by Gasteiger charge is 2.35. The van der Waals surface area contributed by atoms with Gasteiger partial charge in [-0.2, -0.15) is 0 Å². The molecule has 0 spiro atoms. The molecule has 4 atom stereocenters. The lowest BCUT2D eigenvalue weighted by atomic mass is 10.1. The van der Waals surface area contributed by atoms with Crippen molar-refractivity contribution in [2.45, 2.75) is 54.5 Å². The van der Waals surface area contributed by atoms with Crippen LogP contribution in [0.25, 0.3) is 10.4 Å². The van der Waals surface area contributed by atoms with Crippen LogP contribution in [0.3, 0.4) is 0 Å². The van der Waals surface area contributed by atoms with Gasteiger partial charge in [0.15, 0.2) is 0 Å². The normalized spacial score (nSPS) is 22.0. The number of aromatic amines is 1. The molecule has 0 bridgehead atoms. The molecule has 0 aliphatic carbocycles. The Balaban J connectivity index is 0.000000197. The molecule has 4 N–H and O–H groups in total. The molecule has 3 aromatic rings. The van der Waals surface area contributed by atoms with Crippen LogP contribution in [0.4, 0.5) is 0 Å². The minimum Gasteiger partial charge on any atom is -0.394 e. The molecule has 2 amide bonds. The van der Waals surface area contributed by atoms with Crippen LogP contribution >= 0.6 is 21.6 Å². The Morgan fingerprint density at radius 3 is 2.29 bits per heavy atom. The number of aromatic nitrogens is 2. The van der Waals surface area contributed by atoms with Crippen molar-refractivity contribution in [1.82, 2.24) is 20.2 Å². The molecule has 5 rings (SSSR count). The Morgan fingerprint density at radius 1 is 1.05 bits per heavy atom. The predicted octanol–water partition coefficient (Wildman–Crippen LogP) is 3.15. The van der Waals surface area contributed by atoms with Crippen molar-refractivity contribution in [2.75, 3.05) is 13.2 Å². The monoisotopic (exact) mass is 611 g/mol. The van der Waals surface area contributed by atoms with Gasteiger partial charge in [0.25, 0.3) is 17.4 Å². The lowest BCUT2D eigenvalue weighted by molar-refractivity contribution is -0.0271. The van der Waals surface area contributed by atoms with Crippen LogP contribution in [0.15, 0.2) is 79.2 Å². The number of fused-ring (bicyclic) bond motifs is 2. The summed E-state index contributed by atoms with van der Waals surface area (Å²) in [5, 5.41) is 18.5. The van der Waals surface area contributed by atoms with Crippen LogP contribution in [0.2, 0.25) is 0 Å². The highest BCUT2D eigenvalue weighted by molar-refractivity contribution is 8.76. The molecule has 42 heavy (non-hydrogen) atoms. The van der Waals surface area contributed by atoms with Crippen LogP contribution in [-0.2, 0) is 4.74 Å². The van der Waals surface area contributed by atoms with Gasteiger partial charge < -0.3 is 20.5 Å². The SMILES string of the molecule is CC1CNC(=O)c2ccccc2SSc2ccccc2C(=O)N1.Cc1cn([C@H]2C[C@H](N=[N+]=[N-])[C@@H](CO)O2)c(=O)[nH]c1=O. The number of aliphatic hydroxyl groups is 1. The van der Waals surface area contributed by atoms with Crippen molar-refractivity contribution in [3.8, 4) is 0 Å². The fourth-order valence-electron chi connectivity index (χ4n) is 4.28. The number of rotatable bonds is 3. The van der Waals surface area contributed by atoms with Gasteiger partial charge >= 0.3 is 5.69 Å². The van der Waals surface area contributed by atoms with Crippen molar-refractivity contribution in [3.63, 3.8) is 0 Å². The van der Waals surface area contributed by atoms with Gasteiger partial charge in [0, 0.05) is 45.5 Å². The summed E-state index contributed by atoms with van der Waals surface area (Å²) in [4.78, 5) is 54.4. The largest absolute Gasteiger partial charge is 0.394 e. The van der Waals surface area contributed by atoms with E-state index in [2.05, 4.69) is 25.6 Å².